The van der Waals surface area contributed by atoms with Crippen LogP contribution in [0.2, 0.25) is 0 Å². The van der Waals surface area contributed by atoms with Gasteiger partial charge in [0, 0.05) is 29.5 Å². The minimum Gasteiger partial charge on any atom is -0.508 e. The molecule has 3 heterocycles. The van der Waals surface area contributed by atoms with Gasteiger partial charge < -0.3 is 24.6 Å². The highest BCUT2D eigenvalue weighted by Gasteiger charge is 2.42. The molecule has 2 aromatic carbocycles. The summed E-state index contributed by atoms with van der Waals surface area (Å²) in [6, 6.07) is 23.7. The predicted octanol–water partition coefficient (Wildman–Crippen LogP) is 4.54. The summed E-state index contributed by atoms with van der Waals surface area (Å²) in [5, 5.41) is 13.8. The molecule has 0 radical (unpaired) electrons. The summed E-state index contributed by atoms with van der Waals surface area (Å²) in [6.45, 7) is 0. The van der Waals surface area contributed by atoms with Gasteiger partial charge >= 0.3 is 5.97 Å². The monoisotopic (exact) mass is 470 g/mol. The number of phenolic OH excluding ortho intramolecular Hbond substituents is 1. The van der Waals surface area contributed by atoms with Crippen molar-refractivity contribution in [2.75, 3.05) is 12.0 Å². The van der Waals surface area contributed by atoms with E-state index in [0.29, 0.717) is 10.7 Å². The Morgan fingerprint density at radius 2 is 1.74 bits per heavy atom. The summed E-state index contributed by atoms with van der Waals surface area (Å²) in [5.74, 6) is -0.188. The third-order valence-corrected chi connectivity index (χ3v) is 6.19. The van der Waals surface area contributed by atoms with Crippen molar-refractivity contribution in [1.29, 1.82) is 0 Å². The maximum Gasteiger partial charge on any atom is 0.337 e. The van der Waals surface area contributed by atoms with Gasteiger partial charge in [0.2, 0.25) is 0 Å². The first-order valence-corrected chi connectivity index (χ1v) is 11.1. The molecule has 34 heavy (non-hydrogen) atoms. The standard InChI is InChI=1S/C26H22N4O3S/c1-33-25(32)17-7-9-18(10-8-17)29-16-4-6-22(29)24-23(21-5-2-3-15-27-21)28-26(34)30(24)19-11-13-20(31)14-12-19/h2-16,23-24,31H,1H3,(H,28,34)/t23-,24+/m1/s1. The number of hydrogen-bond donors (Lipinski definition) is 2. The lowest BCUT2D eigenvalue weighted by molar-refractivity contribution is 0.0600. The van der Waals surface area contributed by atoms with E-state index in [0.717, 1.165) is 22.8 Å². The fraction of sp³-hybridized carbons (Fsp3) is 0.115. The van der Waals surface area contributed by atoms with Crippen LogP contribution in [-0.4, -0.2) is 32.8 Å². The lowest BCUT2D eigenvalue weighted by Crippen LogP contribution is -2.30. The van der Waals surface area contributed by atoms with Gasteiger partial charge in [0.15, 0.2) is 5.11 Å². The average Bonchev–Trinajstić information content (AvgIpc) is 3.49. The summed E-state index contributed by atoms with van der Waals surface area (Å²) in [6.07, 6.45) is 3.75. The topological polar surface area (TPSA) is 79.6 Å². The normalized spacial score (nSPS) is 17.4. The average molecular weight is 471 g/mol. The number of carbonyl (C=O) groups excluding carboxylic acids is 1. The van der Waals surface area contributed by atoms with Crippen LogP contribution in [0, 0.1) is 0 Å². The first-order chi connectivity index (χ1) is 16.6. The molecule has 0 spiro atoms. The molecule has 2 N–H and O–H groups in total. The summed E-state index contributed by atoms with van der Waals surface area (Å²) >= 11 is 5.77. The predicted molar refractivity (Wildman–Crippen MR) is 133 cm³/mol. The van der Waals surface area contributed by atoms with E-state index in [9.17, 15) is 9.90 Å². The lowest BCUT2D eigenvalue weighted by Gasteiger charge is -2.29. The van der Waals surface area contributed by atoms with E-state index in [1.54, 1.807) is 30.5 Å². The van der Waals surface area contributed by atoms with Gasteiger partial charge in [-0.25, -0.2) is 4.79 Å². The van der Waals surface area contributed by atoms with E-state index in [4.69, 9.17) is 17.0 Å². The number of carbonyl (C=O) groups is 1. The number of esters is 1. The molecule has 5 rings (SSSR count). The number of pyridine rings is 1. The Hall–Kier alpha value is -4.17. The van der Waals surface area contributed by atoms with Crippen molar-refractivity contribution in [3.63, 3.8) is 0 Å². The van der Waals surface area contributed by atoms with Crippen molar-refractivity contribution in [2.45, 2.75) is 12.1 Å². The highest BCUT2D eigenvalue weighted by molar-refractivity contribution is 7.80. The molecule has 170 valence electrons. The van der Waals surface area contributed by atoms with Crippen LogP contribution >= 0.6 is 12.2 Å². The third-order valence-electron chi connectivity index (χ3n) is 5.88. The quantitative estimate of drug-likeness (QED) is 0.327. The molecule has 4 aromatic rings. The van der Waals surface area contributed by atoms with E-state index in [-0.39, 0.29) is 23.8 Å². The number of rotatable bonds is 5. The molecule has 8 heteroatoms. The Labute approximate surface area is 202 Å². The Bertz CT molecular complexity index is 1320. The molecule has 0 aliphatic carbocycles. The Kier molecular flexibility index (Phi) is 5.73. The number of aromatic nitrogens is 2. The second-order valence-corrected chi connectivity index (χ2v) is 8.24. The fourth-order valence-corrected chi connectivity index (χ4v) is 4.64. The van der Waals surface area contributed by atoms with Crippen LogP contribution in [-0.2, 0) is 4.74 Å². The van der Waals surface area contributed by atoms with Crippen molar-refractivity contribution in [3.8, 4) is 11.4 Å². The van der Waals surface area contributed by atoms with Crippen LogP contribution < -0.4 is 10.2 Å². The highest BCUT2D eigenvalue weighted by Crippen LogP contribution is 2.42. The summed E-state index contributed by atoms with van der Waals surface area (Å²) in [5.41, 5.74) is 4.09. The SMILES string of the molecule is COC(=O)c1ccc(-n2cccc2[C@H]2[C@@H](c3ccccn3)NC(=S)N2c2ccc(O)cc2)cc1. The molecule has 1 fully saturated rings. The fourth-order valence-electron chi connectivity index (χ4n) is 4.29. The number of nitrogens with zero attached hydrogens (tertiary/aromatic N) is 3. The number of hydrogen-bond acceptors (Lipinski definition) is 5. The van der Waals surface area contributed by atoms with Gasteiger partial charge in [0.05, 0.1) is 24.4 Å². The highest BCUT2D eigenvalue weighted by atomic mass is 32.1. The van der Waals surface area contributed by atoms with E-state index >= 15 is 0 Å². The first-order valence-electron chi connectivity index (χ1n) is 10.7. The van der Waals surface area contributed by atoms with Crippen molar-refractivity contribution >= 4 is 29.0 Å². The lowest BCUT2D eigenvalue weighted by atomic mass is 10.0. The van der Waals surface area contributed by atoms with Crippen molar-refractivity contribution in [3.05, 3.63) is 108 Å². The maximum absolute atomic E-state index is 11.9. The number of phenols is 1. The van der Waals surface area contributed by atoms with E-state index in [2.05, 4.69) is 20.9 Å². The van der Waals surface area contributed by atoms with E-state index < -0.39 is 0 Å². The number of anilines is 1. The largest absolute Gasteiger partial charge is 0.508 e. The number of methoxy groups -OCH3 is 1. The molecule has 7 nitrogen and oxygen atoms in total. The summed E-state index contributed by atoms with van der Waals surface area (Å²) < 4.78 is 6.89. The minimum absolute atomic E-state index is 0.189. The van der Waals surface area contributed by atoms with Crippen molar-refractivity contribution in [2.24, 2.45) is 0 Å². The number of ether oxygens (including phenoxy) is 1. The Morgan fingerprint density at radius 3 is 2.41 bits per heavy atom. The molecule has 0 unspecified atom stereocenters. The smallest absolute Gasteiger partial charge is 0.337 e. The number of benzene rings is 2. The summed E-state index contributed by atoms with van der Waals surface area (Å²) in [7, 11) is 1.37. The van der Waals surface area contributed by atoms with Crippen LogP contribution in [0.4, 0.5) is 5.69 Å². The molecule has 0 bridgehead atoms. The number of thiocarbonyl (C=S) groups is 1. The van der Waals surface area contributed by atoms with Crippen LogP contribution in [0.5, 0.6) is 5.75 Å². The zero-order chi connectivity index (χ0) is 23.7. The molecule has 2 aromatic heterocycles. The van der Waals surface area contributed by atoms with Gasteiger partial charge in [-0.05, 0) is 85.0 Å². The first kappa shape index (κ1) is 21.7. The van der Waals surface area contributed by atoms with Gasteiger partial charge in [-0.3, -0.25) is 4.98 Å². The van der Waals surface area contributed by atoms with Crippen molar-refractivity contribution in [1.82, 2.24) is 14.9 Å². The van der Waals surface area contributed by atoms with Crippen molar-refractivity contribution < 1.29 is 14.6 Å². The van der Waals surface area contributed by atoms with Gasteiger partial charge in [0.25, 0.3) is 0 Å². The van der Waals surface area contributed by atoms with Gasteiger partial charge in [-0.1, -0.05) is 6.07 Å². The van der Waals surface area contributed by atoms with E-state index in [1.807, 2.05) is 59.6 Å². The molecule has 0 amide bonds. The van der Waals surface area contributed by atoms with Gasteiger partial charge in [-0.15, -0.1) is 0 Å². The maximum atomic E-state index is 11.9. The molecule has 1 aliphatic heterocycles. The molecule has 2 atom stereocenters. The van der Waals surface area contributed by atoms with Crippen LogP contribution in [0.15, 0.2) is 91.3 Å². The zero-order valence-electron chi connectivity index (χ0n) is 18.3. The van der Waals surface area contributed by atoms with Gasteiger partial charge in [0.1, 0.15) is 11.8 Å². The Balaban J connectivity index is 1.61. The zero-order valence-corrected chi connectivity index (χ0v) is 19.1. The van der Waals surface area contributed by atoms with Crippen LogP contribution in [0.3, 0.4) is 0 Å². The molecular weight excluding hydrogens is 448 g/mol. The van der Waals surface area contributed by atoms with Gasteiger partial charge in [-0.2, -0.15) is 0 Å². The minimum atomic E-state index is -0.377. The van der Waals surface area contributed by atoms with Crippen LogP contribution in [0.1, 0.15) is 33.8 Å². The second kappa shape index (κ2) is 8.99. The van der Waals surface area contributed by atoms with E-state index in [1.165, 1.54) is 7.11 Å². The van der Waals surface area contributed by atoms with Crippen LogP contribution in [0.25, 0.3) is 5.69 Å². The summed E-state index contributed by atoms with van der Waals surface area (Å²) in [4.78, 5) is 18.5. The molecule has 1 aliphatic rings. The second-order valence-electron chi connectivity index (χ2n) is 7.85. The number of aromatic hydroxyl groups is 1. The molecule has 0 saturated carbocycles. The Morgan fingerprint density at radius 1 is 1.00 bits per heavy atom. The number of nitrogens with one attached hydrogen (secondary N) is 1. The molecule has 1 saturated heterocycles. The third kappa shape index (κ3) is 3.88. The molecular formula is C26H22N4O3S.